The zero-order valence-corrected chi connectivity index (χ0v) is 20.8. The molecule has 2 aromatic heterocycles. The average Bonchev–Trinajstić information content (AvgIpc) is 3.23. The summed E-state index contributed by atoms with van der Waals surface area (Å²) in [4.78, 5) is 14.5. The van der Waals surface area contributed by atoms with Crippen molar-refractivity contribution in [3.05, 3.63) is 59.4 Å². The minimum Gasteiger partial charge on any atom is -0.395 e. The van der Waals surface area contributed by atoms with Gasteiger partial charge in [0.25, 0.3) is 0 Å². The number of halogens is 2. The second-order valence-electron chi connectivity index (χ2n) is 8.79. The van der Waals surface area contributed by atoms with E-state index in [1.54, 1.807) is 21.8 Å². The Hall–Kier alpha value is -3.61. The van der Waals surface area contributed by atoms with Gasteiger partial charge in [-0.05, 0) is 19.1 Å². The number of benzene rings is 1. The first kappa shape index (κ1) is 26.5. The Morgan fingerprint density at radius 1 is 1.00 bits per heavy atom. The lowest BCUT2D eigenvalue weighted by Crippen LogP contribution is -2.46. The summed E-state index contributed by atoms with van der Waals surface area (Å²) in [5.41, 5.74) is 8.30. The fourth-order valence-electron chi connectivity index (χ4n) is 4.35. The number of anilines is 3. The Balaban J connectivity index is 1.39. The molecule has 1 aliphatic rings. The number of nitrogen functional groups attached to an aromatic ring is 1. The van der Waals surface area contributed by atoms with Gasteiger partial charge in [0.2, 0.25) is 5.95 Å². The normalized spacial score (nSPS) is 14.6. The molecular weight excluding hydrogens is 482 g/mol. The zero-order chi connectivity index (χ0) is 26.4. The lowest BCUT2D eigenvalue weighted by Gasteiger charge is -2.35. The fraction of sp³-hybridized carbons (Fsp3) is 0.400. The maximum absolute atomic E-state index is 13.5. The molecule has 3 heterocycles. The van der Waals surface area contributed by atoms with Crippen molar-refractivity contribution in [1.29, 1.82) is 0 Å². The first-order chi connectivity index (χ1) is 17.9. The van der Waals surface area contributed by atoms with Crippen molar-refractivity contribution in [2.75, 3.05) is 74.6 Å². The average molecular weight is 515 g/mol. The van der Waals surface area contributed by atoms with E-state index in [9.17, 15) is 19.0 Å². The molecule has 198 valence electrons. The van der Waals surface area contributed by atoms with Gasteiger partial charge in [0.15, 0.2) is 5.82 Å². The molecule has 1 aromatic carbocycles. The van der Waals surface area contributed by atoms with Crippen LogP contribution in [0.1, 0.15) is 11.3 Å². The topological polar surface area (TPSA) is 120 Å². The maximum atomic E-state index is 13.5. The van der Waals surface area contributed by atoms with Crippen LogP contribution in [0.25, 0.3) is 11.9 Å². The van der Waals surface area contributed by atoms with Crippen LogP contribution in [-0.4, -0.2) is 93.9 Å². The van der Waals surface area contributed by atoms with Gasteiger partial charge in [-0.3, -0.25) is 4.90 Å². The van der Waals surface area contributed by atoms with E-state index in [2.05, 4.69) is 26.0 Å². The van der Waals surface area contributed by atoms with Crippen LogP contribution in [0.4, 0.5) is 26.2 Å². The van der Waals surface area contributed by atoms with E-state index in [1.165, 1.54) is 12.1 Å². The smallest absolute Gasteiger partial charge is 0.224 e. The standard InChI is InChI=1S/C25H32F2N8O2/c1-18-19(3-2-4-32-5-7-33(8-6-32)22-14-20(26)13-21(27)15-22)17-29-35(18)24-16-23(30-25(28)31-24)34(9-11-36)10-12-37/h2-3,13-17,36-37H,4-12H2,1H3,(H2,28,30,31)/b3-2+. The van der Waals surface area contributed by atoms with E-state index in [0.29, 0.717) is 43.5 Å². The summed E-state index contributed by atoms with van der Waals surface area (Å²) >= 11 is 0. The van der Waals surface area contributed by atoms with Crippen molar-refractivity contribution in [2.24, 2.45) is 0 Å². The molecule has 0 radical (unpaired) electrons. The van der Waals surface area contributed by atoms with Crippen LogP contribution >= 0.6 is 0 Å². The second kappa shape index (κ2) is 12.1. The summed E-state index contributed by atoms with van der Waals surface area (Å²) in [6.07, 6.45) is 5.82. The minimum absolute atomic E-state index is 0.0699. The Labute approximate surface area is 214 Å². The van der Waals surface area contributed by atoms with E-state index >= 15 is 0 Å². The summed E-state index contributed by atoms with van der Waals surface area (Å²) in [5, 5.41) is 23.1. The highest BCUT2D eigenvalue weighted by Crippen LogP contribution is 2.21. The highest BCUT2D eigenvalue weighted by atomic mass is 19.1. The van der Waals surface area contributed by atoms with Crippen LogP contribution in [-0.2, 0) is 0 Å². The quantitative estimate of drug-likeness (QED) is 0.369. The largest absolute Gasteiger partial charge is 0.395 e. The van der Waals surface area contributed by atoms with E-state index in [1.807, 2.05) is 17.9 Å². The molecule has 0 bridgehead atoms. The number of nitrogens with zero attached hydrogens (tertiary/aromatic N) is 7. The number of aliphatic hydroxyl groups excluding tert-OH is 2. The lowest BCUT2D eigenvalue weighted by molar-refractivity contribution is 0.280. The van der Waals surface area contributed by atoms with Crippen LogP contribution in [0.3, 0.4) is 0 Å². The third-order valence-electron chi connectivity index (χ3n) is 6.29. The molecule has 0 amide bonds. The molecule has 4 rings (SSSR count). The number of nitrogens with two attached hydrogens (primary N) is 1. The molecule has 0 aliphatic carbocycles. The Morgan fingerprint density at radius 3 is 2.32 bits per heavy atom. The van der Waals surface area contributed by atoms with Gasteiger partial charge in [0, 0.05) is 69.2 Å². The number of hydrogen-bond donors (Lipinski definition) is 3. The monoisotopic (exact) mass is 514 g/mol. The van der Waals surface area contributed by atoms with Gasteiger partial charge in [-0.2, -0.15) is 15.1 Å². The molecule has 0 spiro atoms. The van der Waals surface area contributed by atoms with Crippen molar-refractivity contribution >= 4 is 23.5 Å². The van der Waals surface area contributed by atoms with Crippen LogP contribution in [0.2, 0.25) is 0 Å². The van der Waals surface area contributed by atoms with Gasteiger partial charge in [-0.1, -0.05) is 12.2 Å². The van der Waals surface area contributed by atoms with Gasteiger partial charge < -0.3 is 25.7 Å². The fourth-order valence-corrected chi connectivity index (χ4v) is 4.35. The Bertz CT molecular complexity index is 1200. The highest BCUT2D eigenvalue weighted by Gasteiger charge is 2.18. The number of hydrogen-bond acceptors (Lipinski definition) is 9. The molecular formula is C25H32F2N8O2. The summed E-state index contributed by atoms with van der Waals surface area (Å²) in [7, 11) is 0. The van der Waals surface area contributed by atoms with Crippen LogP contribution in [0.15, 0.2) is 36.5 Å². The minimum atomic E-state index is -0.565. The van der Waals surface area contributed by atoms with Crippen LogP contribution in [0, 0.1) is 18.6 Å². The van der Waals surface area contributed by atoms with Crippen molar-refractivity contribution in [3.8, 4) is 5.82 Å². The van der Waals surface area contributed by atoms with E-state index in [-0.39, 0.29) is 19.2 Å². The molecule has 1 aliphatic heterocycles. The third-order valence-corrected chi connectivity index (χ3v) is 6.29. The number of aliphatic hydroxyl groups is 2. The molecule has 1 fully saturated rings. The van der Waals surface area contributed by atoms with E-state index in [0.717, 1.165) is 37.0 Å². The first-order valence-corrected chi connectivity index (χ1v) is 12.1. The SMILES string of the molecule is Cc1c(/C=C/CN2CCN(c3cc(F)cc(F)c3)CC2)cnn1-c1cc(N(CCO)CCO)nc(N)n1. The van der Waals surface area contributed by atoms with Gasteiger partial charge in [0.05, 0.1) is 25.1 Å². The third kappa shape index (κ3) is 6.59. The van der Waals surface area contributed by atoms with E-state index < -0.39 is 11.6 Å². The molecule has 12 heteroatoms. The predicted molar refractivity (Wildman–Crippen MR) is 139 cm³/mol. The summed E-state index contributed by atoms with van der Waals surface area (Å²) in [5.74, 6) is -0.0711. The van der Waals surface area contributed by atoms with Gasteiger partial charge in [-0.25, -0.2) is 13.5 Å². The van der Waals surface area contributed by atoms with Gasteiger partial charge in [-0.15, -0.1) is 0 Å². The Kier molecular flexibility index (Phi) is 8.64. The lowest BCUT2D eigenvalue weighted by atomic mass is 10.2. The zero-order valence-electron chi connectivity index (χ0n) is 20.8. The predicted octanol–water partition coefficient (Wildman–Crippen LogP) is 1.46. The summed E-state index contributed by atoms with van der Waals surface area (Å²) in [6.45, 7) is 6.03. The number of aromatic nitrogens is 4. The van der Waals surface area contributed by atoms with Crippen molar-refractivity contribution < 1.29 is 19.0 Å². The number of rotatable bonds is 10. The molecule has 1 saturated heterocycles. The molecule has 0 saturated carbocycles. The Morgan fingerprint density at radius 2 is 1.68 bits per heavy atom. The maximum Gasteiger partial charge on any atom is 0.224 e. The molecule has 3 aromatic rings. The van der Waals surface area contributed by atoms with Gasteiger partial charge in [0.1, 0.15) is 17.5 Å². The molecule has 10 nitrogen and oxygen atoms in total. The van der Waals surface area contributed by atoms with E-state index in [4.69, 9.17) is 5.73 Å². The van der Waals surface area contributed by atoms with Crippen molar-refractivity contribution in [1.82, 2.24) is 24.6 Å². The number of piperazine rings is 1. The molecule has 37 heavy (non-hydrogen) atoms. The van der Waals surface area contributed by atoms with Crippen LogP contribution < -0.4 is 15.5 Å². The molecule has 0 atom stereocenters. The molecule has 0 unspecified atom stereocenters. The van der Waals surface area contributed by atoms with Crippen molar-refractivity contribution in [2.45, 2.75) is 6.92 Å². The van der Waals surface area contributed by atoms with Crippen molar-refractivity contribution in [3.63, 3.8) is 0 Å². The van der Waals surface area contributed by atoms with Gasteiger partial charge >= 0.3 is 0 Å². The van der Waals surface area contributed by atoms with Crippen LogP contribution in [0.5, 0.6) is 0 Å². The summed E-state index contributed by atoms with van der Waals surface area (Å²) < 4.78 is 28.8. The first-order valence-electron chi connectivity index (χ1n) is 12.1. The second-order valence-corrected chi connectivity index (χ2v) is 8.79. The summed E-state index contributed by atoms with van der Waals surface area (Å²) in [6, 6.07) is 5.34. The highest BCUT2D eigenvalue weighted by molar-refractivity contribution is 5.54. The molecule has 4 N–H and O–H groups in total.